The molecule has 0 unspecified atom stereocenters. The van der Waals surface area contributed by atoms with E-state index in [9.17, 15) is 22.8 Å². The van der Waals surface area contributed by atoms with Crippen LogP contribution in [-0.4, -0.2) is 22.9 Å². The standard InChI is InChI=1S/C14H13F3N2O3/c1-22-8-7-18-6-5-12(20)19(13(18)21)11-4-2-3-10(9-11)14(15,16)17/h2-6,9H,7-8H2,1H3. The van der Waals surface area contributed by atoms with Crippen LogP contribution in [0.2, 0.25) is 0 Å². The molecule has 22 heavy (non-hydrogen) atoms. The van der Waals surface area contributed by atoms with E-state index in [-0.39, 0.29) is 18.8 Å². The molecule has 1 heterocycles. The molecule has 0 spiro atoms. The lowest BCUT2D eigenvalue weighted by Crippen LogP contribution is -2.38. The predicted molar refractivity (Wildman–Crippen MR) is 73.2 cm³/mol. The van der Waals surface area contributed by atoms with Crippen molar-refractivity contribution in [1.29, 1.82) is 0 Å². The van der Waals surface area contributed by atoms with Crippen molar-refractivity contribution >= 4 is 0 Å². The maximum Gasteiger partial charge on any atom is 0.416 e. The van der Waals surface area contributed by atoms with Crippen LogP contribution in [0.25, 0.3) is 5.69 Å². The molecule has 0 saturated heterocycles. The molecule has 0 amide bonds. The van der Waals surface area contributed by atoms with E-state index < -0.39 is 23.0 Å². The van der Waals surface area contributed by atoms with Crippen LogP contribution >= 0.6 is 0 Å². The van der Waals surface area contributed by atoms with Crippen LogP contribution in [0.4, 0.5) is 13.2 Å². The summed E-state index contributed by atoms with van der Waals surface area (Å²) >= 11 is 0. The first-order valence-electron chi connectivity index (χ1n) is 6.33. The molecular weight excluding hydrogens is 301 g/mol. The Kier molecular flexibility index (Phi) is 4.51. The van der Waals surface area contributed by atoms with Gasteiger partial charge in [0.1, 0.15) is 0 Å². The molecule has 0 atom stereocenters. The lowest BCUT2D eigenvalue weighted by atomic mass is 10.2. The molecule has 2 aromatic rings. The van der Waals surface area contributed by atoms with Gasteiger partial charge < -0.3 is 4.74 Å². The molecule has 0 N–H and O–H groups in total. The third-order valence-electron chi connectivity index (χ3n) is 3.02. The molecule has 0 aliphatic heterocycles. The lowest BCUT2D eigenvalue weighted by Gasteiger charge is -2.12. The number of hydrogen-bond acceptors (Lipinski definition) is 3. The van der Waals surface area contributed by atoms with Gasteiger partial charge in [-0.1, -0.05) is 6.07 Å². The molecule has 0 radical (unpaired) electrons. The molecule has 1 aromatic carbocycles. The second kappa shape index (κ2) is 6.18. The zero-order valence-corrected chi connectivity index (χ0v) is 11.6. The summed E-state index contributed by atoms with van der Waals surface area (Å²) in [7, 11) is 1.45. The van der Waals surface area contributed by atoms with E-state index in [1.807, 2.05) is 0 Å². The van der Waals surface area contributed by atoms with Gasteiger partial charge in [-0.25, -0.2) is 9.36 Å². The Bertz CT molecular complexity index is 778. The first kappa shape index (κ1) is 16.0. The number of aromatic nitrogens is 2. The number of alkyl halides is 3. The molecule has 1 aromatic heterocycles. The summed E-state index contributed by atoms with van der Waals surface area (Å²) in [5.74, 6) is 0. The fourth-order valence-electron chi connectivity index (χ4n) is 1.93. The maximum atomic E-state index is 12.7. The summed E-state index contributed by atoms with van der Waals surface area (Å²) in [4.78, 5) is 24.1. The Morgan fingerprint density at radius 1 is 1.18 bits per heavy atom. The van der Waals surface area contributed by atoms with E-state index in [2.05, 4.69) is 0 Å². The van der Waals surface area contributed by atoms with Crippen molar-refractivity contribution in [3.8, 4) is 5.69 Å². The third kappa shape index (κ3) is 3.28. The topological polar surface area (TPSA) is 53.2 Å². The number of nitrogens with zero attached hydrogens (tertiary/aromatic N) is 2. The van der Waals surface area contributed by atoms with Gasteiger partial charge in [-0.15, -0.1) is 0 Å². The van der Waals surface area contributed by atoms with Crippen LogP contribution in [0.3, 0.4) is 0 Å². The molecule has 0 aliphatic carbocycles. The van der Waals surface area contributed by atoms with Gasteiger partial charge in [-0.05, 0) is 18.2 Å². The number of halogens is 3. The van der Waals surface area contributed by atoms with E-state index in [1.165, 1.54) is 23.9 Å². The fraction of sp³-hybridized carbons (Fsp3) is 0.286. The zero-order valence-electron chi connectivity index (χ0n) is 11.6. The highest BCUT2D eigenvalue weighted by molar-refractivity contribution is 5.37. The smallest absolute Gasteiger partial charge is 0.383 e. The Morgan fingerprint density at radius 2 is 1.91 bits per heavy atom. The molecule has 0 fully saturated rings. The molecule has 0 aliphatic rings. The van der Waals surface area contributed by atoms with Gasteiger partial charge in [-0.3, -0.25) is 9.36 Å². The van der Waals surface area contributed by atoms with E-state index in [0.29, 0.717) is 4.57 Å². The van der Waals surface area contributed by atoms with Gasteiger partial charge in [0, 0.05) is 19.4 Å². The highest BCUT2D eigenvalue weighted by Crippen LogP contribution is 2.29. The van der Waals surface area contributed by atoms with Gasteiger partial charge in [0.15, 0.2) is 0 Å². The Balaban J connectivity index is 2.58. The average molecular weight is 314 g/mol. The van der Waals surface area contributed by atoms with Crippen LogP contribution in [0.5, 0.6) is 0 Å². The van der Waals surface area contributed by atoms with Crippen molar-refractivity contribution in [2.75, 3.05) is 13.7 Å². The first-order valence-corrected chi connectivity index (χ1v) is 6.33. The van der Waals surface area contributed by atoms with Gasteiger partial charge in [0.25, 0.3) is 5.56 Å². The van der Waals surface area contributed by atoms with Crippen molar-refractivity contribution in [2.45, 2.75) is 12.7 Å². The monoisotopic (exact) mass is 314 g/mol. The minimum absolute atomic E-state index is 0.128. The van der Waals surface area contributed by atoms with Crippen molar-refractivity contribution < 1.29 is 17.9 Å². The summed E-state index contributed by atoms with van der Waals surface area (Å²) in [6, 6.07) is 5.19. The molecule has 2 rings (SSSR count). The molecular formula is C14H13F3N2O3. The largest absolute Gasteiger partial charge is 0.416 e. The number of methoxy groups -OCH3 is 1. The van der Waals surface area contributed by atoms with Crippen molar-refractivity contribution in [1.82, 2.24) is 9.13 Å². The SMILES string of the molecule is COCCn1ccc(=O)n(-c2cccc(C(F)(F)F)c2)c1=O. The minimum Gasteiger partial charge on any atom is -0.383 e. The highest BCUT2D eigenvalue weighted by atomic mass is 19.4. The molecule has 118 valence electrons. The zero-order chi connectivity index (χ0) is 16.3. The van der Waals surface area contributed by atoms with E-state index in [4.69, 9.17) is 4.74 Å². The second-order valence-electron chi connectivity index (χ2n) is 4.51. The Labute approximate surface area is 123 Å². The number of hydrogen-bond donors (Lipinski definition) is 0. The van der Waals surface area contributed by atoms with Crippen LogP contribution in [0, 0.1) is 0 Å². The minimum atomic E-state index is -4.55. The summed E-state index contributed by atoms with van der Waals surface area (Å²) in [6.45, 7) is 0.426. The normalized spacial score (nSPS) is 11.6. The molecule has 8 heteroatoms. The molecule has 0 saturated carbocycles. The Morgan fingerprint density at radius 3 is 2.55 bits per heavy atom. The predicted octanol–water partition coefficient (Wildman–Crippen LogP) is 1.66. The number of ether oxygens (including phenoxy) is 1. The van der Waals surface area contributed by atoms with Crippen LogP contribution in [0.15, 0.2) is 46.1 Å². The summed E-state index contributed by atoms with van der Waals surface area (Å²) < 4.78 is 45.0. The van der Waals surface area contributed by atoms with Crippen molar-refractivity contribution in [2.24, 2.45) is 0 Å². The van der Waals surface area contributed by atoms with E-state index in [1.54, 1.807) is 0 Å². The number of rotatable bonds is 4. The quantitative estimate of drug-likeness (QED) is 0.862. The van der Waals surface area contributed by atoms with Gasteiger partial charge in [0.05, 0.1) is 24.4 Å². The first-order chi connectivity index (χ1) is 10.3. The summed E-state index contributed by atoms with van der Waals surface area (Å²) in [6.07, 6.45) is -3.27. The highest BCUT2D eigenvalue weighted by Gasteiger charge is 2.30. The van der Waals surface area contributed by atoms with Crippen molar-refractivity contribution in [3.63, 3.8) is 0 Å². The summed E-state index contributed by atoms with van der Waals surface area (Å²) in [5, 5.41) is 0. The average Bonchev–Trinajstić information content (AvgIpc) is 2.46. The summed E-state index contributed by atoms with van der Waals surface area (Å²) in [5.41, 5.74) is -2.47. The fourth-order valence-corrected chi connectivity index (χ4v) is 1.93. The van der Waals surface area contributed by atoms with Gasteiger partial charge >= 0.3 is 11.9 Å². The Hall–Kier alpha value is -2.35. The van der Waals surface area contributed by atoms with Crippen LogP contribution in [-0.2, 0) is 17.5 Å². The molecule has 0 bridgehead atoms. The van der Waals surface area contributed by atoms with E-state index in [0.717, 1.165) is 24.3 Å². The molecule has 5 nitrogen and oxygen atoms in total. The lowest BCUT2D eigenvalue weighted by molar-refractivity contribution is -0.137. The third-order valence-corrected chi connectivity index (χ3v) is 3.02. The van der Waals surface area contributed by atoms with Crippen LogP contribution < -0.4 is 11.2 Å². The number of benzene rings is 1. The van der Waals surface area contributed by atoms with Crippen molar-refractivity contribution in [3.05, 3.63) is 62.9 Å². The van der Waals surface area contributed by atoms with Gasteiger partial charge in [-0.2, -0.15) is 13.2 Å². The van der Waals surface area contributed by atoms with Crippen LogP contribution in [0.1, 0.15) is 5.56 Å². The maximum absolute atomic E-state index is 12.7. The second-order valence-corrected chi connectivity index (χ2v) is 4.51. The van der Waals surface area contributed by atoms with E-state index >= 15 is 0 Å². The van der Waals surface area contributed by atoms with Gasteiger partial charge in [0.2, 0.25) is 0 Å².